The lowest BCUT2D eigenvalue weighted by Crippen LogP contribution is -2.63. The molecule has 0 aromatic carbocycles. The predicted octanol–water partition coefficient (Wildman–Crippen LogP) is -3.08. The van der Waals surface area contributed by atoms with Crippen LogP contribution in [-0.2, 0) is 9.53 Å². The number of hydrogen-bond donors (Lipinski definition) is 5. The Morgan fingerprint density at radius 1 is 1.33 bits per heavy atom. The molecular formula is C8H15NO6. The van der Waals surface area contributed by atoms with Gasteiger partial charge in [0.15, 0.2) is 6.29 Å². The first-order chi connectivity index (χ1) is 6.97. The number of rotatable bonds is 2. The summed E-state index contributed by atoms with van der Waals surface area (Å²) >= 11 is 0. The number of carbonyl (C=O) groups is 1. The number of aliphatic hydroxyl groups excluding tert-OH is 4. The zero-order valence-electron chi connectivity index (χ0n) is 8.20. The van der Waals surface area contributed by atoms with Crippen LogP contribution in [0.15, 0.2) is 0 Å². The van der Waals surface area contributed by atoms with E-state index in [1.807, 2.05) is 0 Å². The van der Waals surface area contributed by atoms with Crippen LogP contribution < -0.4 is 5.32 Å². The highest BCUT2D eigenvalue weighted by Gasteiger charge is 2.43. The van der Waals surface area contributed by atoms with E-state index in [0.29, 0.717) is 0 Å². The first-order valence-corrected chi connectivity index (χ1v) is 4.55. The summed E-state index contributed by atoms with van der Waals surface area (Å²) in [6, 6.07) is -1.10. The Hall–Kier alpha value is -0.730. The van der Waals surface area contributed by atoms with Crippen LogP contribution in [0.2, 0.25) is 0 Å². The normalized spacial score (nSPS) is 41.3. The highest BCUT2D eigenvalue weighted by atomic mass is 16.6. The fraction of sp³-hybridized carbons (Fsp3) is 0.875. The number of hydrogen-bond acceptors (Lipinski definition) is 6. The van der Waals surface area contributed by atoms with E-state index in [9.17, 15) is 20.1 Å². The third-order valence-electron chi connectivity index (χ3n) is 2.27. The van der Waals surface area contributed by atoms with Gasteiger partial charge in [-0.3, -0.25) is 4.79 Å². The average molecular weight is 223 g/mol. The molecule has 0 aromatic heterocycles. The topological polar surface area (TPSA) is 119 Å². The van der Waals surface area contributed by atoms with Crippen molar-refractivity contribution in [3.05, 3.63) is 0 Å². The van der Waals surface area contributed by atoms with Gasteiger partial charge in [-0.05, 0) is 0 Å². The minimum Gasteiger partial charge on any atom is -0.394 e. The largest absolute Gasteiger partial charge is 0.394 e. The molecule has 0 aromatic rings. The predicted molar refractivity (Wildman–Crippen MR) is 47.6 cm³/mol. The standard InChI is InChI=1S/C8H15NO6/c1-3(11)9-5-7(13)6(12)4(2-10)15-8(5)14/h4-8,10,12-14H,2H2,1H3,(H,9,11)/t4-,5-,6-,7-,8?/m1/s1/i2+1,9+1. The number of aliphatic hydroxyl groups is 4. The van der Waals surface area contributed by atoms with E-state index in [0.717, 1.165) is 0 Å². The van der Waals surface area contributed by atoms with Gasteiger partial charge in [-0.1, -0.05) is 0 Å². The molecule has 0 bridgehead atoms. The van der Waals surface area contributed by atoms with Crippen LogP contribution in [0.4, 0.5) is 0 Å². The van der Waals surface area contributed by atoms with Gasteiger partial charge in [0.25, 0.3) is 0 Å². The van der Waals surface area contributed by atoms with Gasteiger partial charge in [0.2, 0.25) is 5.91 Å². The number of carbonyl (C=O) groups excluding carboxylic acids is 1. The van der Waals surface area contributed by atoms with Gasteiger partial charge in [-0.25, -0.2) is 0 Å². The van der Waals surface area contributed by atoms with Crippen molar-refractivity contribution in [1.29, 1.82) is 0 Å². The zero-order chi connectivity index (χ0) is 11.6. The van der Waals surface area contributed by atoms with Crippen molar-refractivity contribution >= 4 is 5.91 Å². The van der Waals surface area contributed by atoms with E-state index in [1.165, 1.54) is 6.92 Å². The molecule has 0 aliphatic carbocycles. The third-order valence-corrected chi connectivity index (χ3v) is 2.27. The molecule has 7 heteroatoms. The fourth-order valence-corrected chi connectivity index (χ4v) is 1.49. The Morgan fingerprint density at radius 3 is 2.40 bits per heavy atom. The van der Waals surface area contributed by atoms with Gasteiger partial charge in [-0.2, -0.15) is 0 Å². The second-order valence-corrected chi connectivity index (χ2v) is 3.46. The van der Waals surface area contributed by atoms with Gasteiger partial charge < -0.3 is 30.5 Å². The Labute approximate surface area is 86.3 Å². The molecule has 1 saturated heterocycles. The van der Waals surface area contributed by atoms with Gasteiger partial charge >= 0.3 is 0 Å². The number of amides is 1. The number of nitrogens with one attached hydrogen (secondary N) is 1. The van der Waals surface area contributed by atoms with Crippen molar-refractivity contribution in [2.24, 2.45) is 0 Å². The van der Waals surface area contributed by atoms with Crippen LogP contribution in [0.1, 0.15) is 6.92 Å². The van der Waals surface area contributed by atoms with E-state index in [2.05, 4.69) is 5.32 Å². The average Bonchev–Trinajstić information content (AvgIpc) is 2.18. The molecule has 1 unspecified atom stereocenters. The minimum atomic E-state index is -1.45. The maximum atomic E-state index is 10.7. The van der Waals surface area contributed by atoms with Crippen molar-refractivity contribution < 1.29 is 30.0 Å². The molecular weight excluding hydrogens is 208 g/mol. The second kappa shape index (κ2) is 4.86. The van der Waals surface area contributed by atoms with Crippen molar-refractivity contribution in [2.75, 3.05) is 6.61 Å². The van der Waals surface area contributed by atoms with Crippen molar-refractivity contribution in [3.8, 4) is 0 Å². The molecule has 7 nitrogen and oxygen atoms in total. The highest BCUT2D eigenvalue weighted by Crippen LogP contribution is 2.19. The Kier molecular flexibility index (Phi) is 4.00. The summed E-state index contributed by atoms with van der Waals surface area (Å²) in [5.74, 6) is -0.462. The molecule has 1 aliphatic heterocycles. The first kappa shape index (κ1) is 12.3. The van der Waals surface area contributed by atoms with E-state index in [4.69, 9.17) is 9.84 Å². The summed E-state index contributed by atoms with van der Waals surface area (Å²) in [7, 11) is 0. The molecule has 88 valence electrons. The van der Waals surface area contributed by atoms with Crippen molar-refractivity contribution in [1.82, 2.24) is 5.32 Å². The summed E-state index contributed by atoms with van der Waals surface area (Å²) in [5.41, 5.74) is 0. The highest BCUT2D eigenvalue weighted by molar-refractivity contribution is 5.73. The molecule has 1 fully saturated rings. The lowest BCUT2D eigenvalue weighted by molar-refractivity contribution is -0.253. The lowest BCUT2D eigenvalue weighted by atomic mass is 10.0. The van der Waals surface area contributed by atoms with E-state index in [-0.39, 0.29) is 0 Å². The Morgan fingerprint density at radius 2 is 1.93 bits per heavy atom. The van der Waals surface area contributed by atoms with E-state index < -0.39 is 43.2 Å². The summed E-state index contributed by atoms with van der Waals surface area (Å²) in [6.07, 6.45) is -5.24. The smallest absolute Gasteiger partial charge is 0.217 e. The molecule has 5 N–H and O–H groups in total. The molecule has 1 rings (SSSR count). The van der Waals surface area contributed by atoms with Gasteiger partial charge in [-0.15, -0.1) is 0 Å². The van der Waals surface area contributed by atoms with Crippen LogP contribution in [0, 0.1) is 0 Å². The van der Waals surface area contributed by atoms with Gasteiger partial charge in [0.1, 0.15) is 24.4 Å². The maximum absolute atomic E-state index is 10.7. The van der Waals surface area contributed by atoms with Crippen molar-refractivity contribution in [2.45, 2.75) is 37.6 Å². The Bertz CT molecular complexity index is 235. The van der Waals surface area contributed by atoms with Crippen LogP contribution in [-0.4, -0.2) is 63.6 Å². The van der Waals surface area contributed by atoms with Crippen LogP contribution in [0.3, 0.4) is 0 Å². The molecule has 1 heterocycles. The first-order valence-electron chi connectivity index (χ1n) is 4.55. The second-order valence-electron chi connectivity index (χ2n) is 3.46. The molecule has 0 saturated carbocycles. The summed E-state index contributed by atoms with van der Waals surface area (Å²) < 4.78 is 4.81. The molecule has 0 radical (unpaired) electrons. The fourth-order valence-electron chi connectivity index (χ4n) is 1.49. The number of ether oxygens (including phenoxy) is 1. The van der Waals surface area contributed by atoms with Crippen LogP contribution in [0.25, 0.3) is 0 Å². The quantitative estimate of drug-likeness (QED) is 0.250. The monoisotopic (exact) mass is 223 g/mol. The van der Waals surface area contributed by atoms with Gasteiger partial charge in [0.05, 0.1) is 6.61 Å². The third kappa shape index (κ3) is 2.64. The lowest BCUT2D eigenvalue weighted by Gasteiger charge is -2.40. The van der Waals surface area contributed by atoms with Gasteiger partial charge in [0, 0.05) is 6.92 Å². The zero-order valence-corrected chi connectivity index (χ0v) is 8.20. The van der Waals surface area contributed by atoms with E-state index in [1.54, 1.807) is 0 Å². The SMILES string of the molecule is CC(=O)[15NH][C@H]1C(O)O[C@H]([13CH2]O)[C@@H](O)[C@@H]1O. The van der Waals surface area contributed by atoms with Crippen molar-refractivity contribution in [3.63, 3.8) is 0 Å². The summed E-state index contributed by atoms with van der Waals surface area (Å²) in [4.78, 5) is 10.7. The molecule has 5 atom stereocenters. The molecule has 1 aliphatic rings. The van der Waals surface area contributed by atoms with Crippen LogP contribution >= 0.6 is 0 Å². The summed E-state index contributed by atoms with van der Waals surface area (Å²) in [5, 5.41) is 39.4. The summed E-state index contributed by atoms with van der Waals surface area (Å²) in [6.45, 7) is 0.687. The molecule has 15 heavy (non-hydrogen) atoms. The van der Waals surface area contributed by atoms with E-state index >= 15 is 0 Å². The minimum absolute atomic E-state index is 0.462. The Balaban J connectivity index is 2.70. The molecule has 1 amide bonds. The maximum Gasteiger partial charge on any atom is 0.217 e. The van der Waals surface area contributed by atoms with Crippen LogP contribution in [0.5, 0.6) is 0 Å². The molecule has 0 spiro atoms.